The summed E-state index contributed by atoms with van der Waals surface area (Å²) in [6, 6.07) is 0.0261. The van der Waals surface area contributed by atoms with Crippen molar-refractivity contribution in [1.82, 2.24) is 15.5 Å². The van der Waals surface area contributed by atoms with Crippen molar-refractivity contribution in [3.05, 3.63) is 0 Å². The van der Waals surface area contributed by atoms with Crippen molar-refractivity contribution in [2.75, 3.05) is 19.6 Å². The summed E-state index contributed by atoms with van der Waals surface area (Å²) < 4.78 is 25.9. The normalized spacial score (nSPS) is 20.3. The Hall–Kier alpha value is -0.170. The maximum absolute atomic E-state index is 13.0. The Morgan fingerprint density at radius 1 is 1.29 bits per heavy atom. The van der Waals surface area contributed by atoms with E-state index in [1.165, 1.54) is 0 Å². The molecule has 128 valence electrons. The van der Waals surface area contributed by atoms with Crippen LogP contribution >= 0.6 is 24.8 Å². The zero-order valence-corrected chi connectivity index (χ0v) is 14.6. The summed E-state index contributed by atoms with van der Waals surface area (Å²) in [4.78, 5) is 14.0. The molecule has 0 aromatic carbocycles. The first-order valence-corrected chi connectivity index (χ1v) is 6.87. The lowest BCUT2D eigenvalue weighted by atomic mass is 10.2. The van der Waals surface area contributed by atoms with Gasteiger partial charge in [-0.05, 0) is 27.7 Å². The van der Waals surface area contributed by atoms with Gasteiger partial charge in [-0.3, -0.25) is 15.0 Å². The summed E-state index contributed by atoms with van der Waals surface area (Å²) in [5.41, 5.74) is 0. The standard InChI is InChI=1S/C13H25F2N3O.2ClH/c1-9(2)18(10(3)4)6-5-16-12(19)11-7-13(14,15)8-17-11;;/h9-11,17H,5-8H2,1-4H3,(H,16,19);2*1H. The molecule has 0 aliphatic carbocycles. The molecule has 0 aromatic heterocycles. The fourth-order valence-electron chi connectivity index (χ4n) is 2.44. The SMILES string of the molecule is CC(C)N(CCNC(=O)C1CC(F)(F)CN1)C(C)C.Cl.Cl. The average Bonchev–Trinajstić information content (AvgIpc) is 2.63. The fraction of sp³-hybridized carbons (Fsp3) is 0.923. The number of carbonyl (C=O) groups excluding carboxylic acids is 1. The summed E-state index contributed by atoms with van der Waals surface area (Å²) in [6.07, 6.45) is -0.406. The number of nitrogens with one attached hydrogen (secondary N) is 2. The number of rotatable bonds is 6. The molecule has 1 amide bonds. The minimum absolute atomic E-state index is 0. The lowest BCUT2D eigenvalue weighted by Gasteiger charge is -2.30. The third kappa shape index (κ3) is 7.58. The van der Waals surface area contributed by atoms with Crippen LogP contribution in [-0.2, 0) is 4.79 Å². The predicted octanol–water partition coefficient (Wildman–Crippen LogP) is 2.06. The molecule has 0 bridgehead atoms. The van der Waals surface area contributed by atoms with Crippen LogP contribution in [0.4, 0.5) is 8.78 Å². The van der Waals surface area contributed by atoms with Crippen molar-refractivity contribution in [3.63, 3.8) is 0 Å². The molecule has 1 heterocycles. The fourth-order valence-corrected chi connectivity index (χ4v) is 2.44. The molecule has 1 unspecified atom stereocenters. The van der Waals surface area contributed by atoms with Gasteiger partial charge in [-0.25, -0.2) is 8.78 Å². The van der Waals surface area contributed by atoms with Gasteiger partial charge >= 0.3 is 0 Å². The highest BCUT2D eigenvalue weighted by Crippen LogP contribution is 2.24. The van der Waals surface area contributed by atoms with Gasteiger partial charge in [-0.15, -0.1) is 24.8 Å². The summed E-state index contributed by atoms with van der Waals surface area (Å²) in [5, 5.41) is 5.28. The molecule has 1 saturated heterocycles. The Bertz CT molecular complexity index is 310. The van der Waals surface area contributed by atoms with Gasteiger partial charge in [-0.1, -0.05) is 0 Å². The van der Waals surface area contributed by atoms with Crippen LogP contribution < -0.4 is 10.6 Å². The van der Waals surface area contributed by atoms with E-state index in [1.54, 1.807) is 0 Å². The van der Waals surface area contributed by atoms with Gasteiger partial charge in [0.05, 0.1) is 12.6 Å². The molecule has 8 heteroatoms. The Morgan fingerprint density at radius 3 is 2.19 bits per heavy atom. The topological polar surface area (TPSA) is 44.4 Å². The second-order valence-corrected chi connectivity index (χ2v) is 5.71. The zero-order valence-electron chi connectivity index (χ0n) is 13.0. The van der Waals surface area contributed by atoms with Gasteiger partial charge < -0.3 is 5.32 Å². The molecule has 21 heavy (non-hydrogen) atoms. The third-order valence-electron chi connectivity index (χ3n) is 3.42. The number of amides is 1. The Labute approximate surface area is 138 Å². The molecule has 4 nitrogen and oxygen atoms in total. The lowest BCUT2D eigenvalue weighted by Crippen LogP contribution is -2.46. The maximum atomic E-state index is 13.0. The highest BCUT2D eigenvalue weighted by molar-refractivity contribution is 5.85. The molecule has 1 fully saturated rings. The predicted molar refractivity (Wildman–Crippen MR) is 85.8 cm³/mol. The summed E-state index contributed by atoms with van der Waals surface area (Å²) in [5.74, 6) is -3.09. The quantitative estimate of drug-likeness (QED) is 0.771. The van der Waals surface area contributed by atoms with Crippen molar-refractivity contribution in [1.29, 1.82) is 0 Å². The number of hydrogen-bond acceptors (Lipinski definition) is 3. The molecule has 1 atom stereocenters. The minimum atomic E-state index is -2.76. The maximum Gasteiger partial charge on any atom is 0.262 e. The van der Waals surface area contributed by atoms with Crippen LogP contribution in [0.3, 0.4) is 0 Å². The first-order chi connectivity index (χ1) is 8.73. The van der Waals surface area contributed by atoms with E-state index in [-0.39, 0.29) is 30.7 Å². The van der Waals surface area contributed by atoms with Crippen LogP contribution in [0.25, 0.3) is 0 Å². The molecular formula is C13H27Cl2F2N3O. The monoisotopic (exact) mass is 349 g/mol. The van der Waals surface area contributed by atoms with E-state index in [1.807, 2.05) is 0 Å². The van der Waals surface area contributed by atoms with Crippen LogP contribution in [0, 0.1) is 0 Å². The number of nitrogens with zero attached hydrogens (tertiary/aromatic N) is 1. The van der Waals surface area contributed by atoms with E-state index in [0.717, 1.165) is 6.54 Å². The van der Waals surface area contributed by atoms with Crippen molar-refractivity contribution in [2.45, 2.75) is 58.2 Å². The van der Waals surface area contributed by atoms with Crippen LogP contribution in [-0.4, -0.2) is 54.5 Å². The molecule has 0 saturated carbocycles. The lowest BCUT2D eigenvalue weighted by molar-refractivity contribution is -0.123. The first-order valence-electron chi connectivity index (χ1n) is 6.87. The zero-order chi connectivity index (χ0) is 14.6. The highest BCUT2D eigenvalue weighted by atomic mass is 35.5. The molecular weight excluding hydrogens is 323 g/mol. The summed E-state index contributed by atoms with van der Waals surface area (Å²) >= 11 is 0. The number of alkyl halides is 2. The Kier molecular flexibility index (Phi) is 10.7. The van der Waals surface area contributed by atoms with Gasteiger partial charge in [0.2, 0.25) is 5.91 Å². The molecule has 1 aliphatic rings. The first kappa shape index (κ1) is 23.1. The van der Waals surface area contributed by atoms with Crippen molar-refractivity contribution in [3.8, 4) is 0 Å². The highest BCUT2D eigenvalue weighted by Gasteiger charge is 2.42. The van der Waals surface area contributed by atoms with Gasteiger partial charge in [-0.2, -0.15) is 0 Å². The largest absolute Gasteiger partial charge is 0.353 e. The van der Waals surface area contributed by atoms with E-state index < -0.39 is 24.9 Å². The molecule has 1 aliphatic heterocycles. The van der Waals surface area contributed by atoms with Crippen molar-refractivity contribution in [2.24, 2.45) is 0 Å². The smallest absolute Gasteiger partial charge is 0.262 e. The van der Waals surface area contributed by atoms with Crippen LogP contribution in [0.2, 0.25) is 0 Å². The van der Waals surface area contributed by atoms with E-state index in [0.29, 0.717) is 18.6 Å². The van der Waals surface area contributed by atoms with Gasteiger partial charge in [0, 0.05) is 31.6 Å². The number of hydrogen-bond donors (Lipinski definition) is 2. The Balaban J connectivity index is 0. The third-order valence-corrected chi connectivity index (χ3v) is 3.42. The number of halogens is 4. The molecule has 2 N–H and O–H groups in total. The minimum Gasteiger partial charge on any atom is -0.353 e. The second-order valence-electron chi connectivity index (χ2n) is 5.71. The van der Waals surface area contributed by atoms with Crippen LogP contribution in [0.15, 0.2) is 0 Å². The Morgan fingerprint density at radius 2 is 1.81 bits per heavy atom. The van der Waals surface area contributed by atoms with E-state index in [9.17, 15) is 13.6 Å². The molecule has 1 rings (SSSR count). The van der Waals surface area contributed by atoms with Gasteiger partial charge in [0.25, 0.3) is 5.92 Å². The second kappa shape index (κ2) is 9.77. The van der Waals surface area contributed by atoms with Crippen LogP contribution in [0.1, 0.15) is 34.1 Å². The van der Waals surface area contributed by atoms with Crippen LogP contribution in [0.5, 0.6) is 0 Å². The van der Waals surface area contributed by atoms with Crippen molar-refractivity contribution < 1.29 is 13.6 Å². The molecule has 0 aromatic rings. The average molecular weight is 350 g/mol. The molecule has 0 radical (unpaired) electrons. The summed E-state index contributed by atoms with van der Waals surface area (Å²) in [7, 11) is 0. The van der Waals surface area contributed by atoms with E-state index >= 15 is 0 Å². The number of carbonyl (C=O) groups is 1. The summed E-state index contributed by atoms with van der Waals surface area (Å²) in [6.45, 7) is 9.20. The van der Waals surface area contributed by atoms with Gasteiger partial charge in [0.15, 0.2) is 0 Å². The van der Waals surface area contributed by atoms with Crippen molar-refractivity contribution >= 4 is 30.7 Å². The molecule has 0 spiro atoms. The van der Waals surface area contributed by atoms with E-state index in [2.05, 4.69) is 43.2 Å². The van der Waals surface area contributed by atoms with E-state index in [4.69, 9.17) is 0 Å². The van der Waals surface area contributed by atoms with Gasteiger partial charge in [0.1, 0.15) is 0 Å².